The van der Waals surface area contributed by atoms with Crippen LogP contribution in [0.4, 0.5) is 4.79 Å². The second-order valence-corrected chi connectivity index (χ2v) is 6.35. The Hall–Kier alpha value is -1.07. The maximum atomic E-state index is 12.2. The van der Waals surface area contributed by atoms with Gasteiger partial charge < -0.3 is 15.1 Å². The average Bonchev–Trinajstić information content (AvgIpc) is 2.46. The third-order valence-corrected chi connectivity index (χ3v) is 4.44. The molecular weight excluding hydrogens is 318 g/mol. The standard InChI is InChI=1S/C15H22BrN3O/c1-18-9-7-14(8-10-18)19(2)15(20)17-11-12-3-5-13(16)6-4-12/h3-6,14H,7-11H2,1-2H3,(H,17,20). The number of amides is 2. The molecule has 20 heavy (non-hydrogen) atoms. The van der Waals surface area contributed by atoms with Gasteiger partial charge in [0.2, 0.25) is 0 Å². The number of rotatable bonds is 3. The van der Waals surface area contributed by atoms with Gasteiger partial charge in [-0.1, -0.05) is 28.1 Å². The Labute approximate surface area is 129 Å². The normalized spacial score (nSPS) is 16.9. The van der Waals surface area contributed by atoms with Crippen LogP contribution in [0, 0.1) is 0 Å². The third kappa shape index (κ3) is 4.21. The molecule has 1 N–H and O–H groups in total. The molecule has 1 saturated heterocycles. The molecule has 1 aromatic carbocycles. The maximum absolute atomic E-state index is 12.2. The zero-order chi connectivity index (χ0) is 14.5. The van der Waals surface area contributed by atoms with Crippen molar-refractivity contribution in [1.29, 1.82) is 0 Å². The van der Waals surface area contributed by atoms with Crippen molar-refractivity contribution in [1.82, 2.24) is 15.1 Å². The van der Waals surface area contributed by atoms with Gasteiger partial charge in [0.25, 0.3) is 0 Å². The van der Waals surface area contributed by atoms with Crippen molar-refractivity contribution >= 4 is 22.0 Å². The van der Waals surface area contributed by atoms with E-state index in [4.69, 9.17) is 0 Å². The summed E-state index contributed by atoms with van der Waals surface area (Å²) >= 11 is 3.41. The van der Waals surface area contributed by atoms with Gasteiger partial charge in [-0.3, -0.25) is 0 Å². The molecule has 0 radical (unpaired) electrons. The summed E-state index contributed by atoms with van der Waals surface area (Å²) in [6.07, 6.45) is 2.11. The quantitative estimate of drug-likeness (QED) is 0.918. The van der Waals surface area contributed by atoms with E-state index in [1.54, 1.807) is 0 Å². The SMILES string of the molecule is CN1CCC(N(C)C(=O)NCc2ccc(Br)cc2)CC1. The van der Waals surface area contributed by atoms with Crippen LogP contribution in [0.3, 0.4) is 0 Å². The van der Waals surface area contributed by atoms with Gasteiger partial charge in [-0.2, -0.15) is 0 Å². The van der Waals surface area contributed by atoms with Crippen molar-refractivity contribution in [3.8, 4) is 0 Å². The summed E-state index contributed by atoms with van der Waals surface area (Å²) in [6.45, 7) is 2.70. The molecule has 110 valence electrons. The maximum Gasteiger partial charge on any atom is 0.317 e. The molecule has 0 bridgehead atoms. The Balaban J connectivity index is 1.80. The fourth-order valence-corrected chi connectivity index (χ4v) is 2.72. The molecule has 1 fully saturated rings. The number of nitrogens with zero attached hydrogens (tertiary/aromatic N) is 2. The third-order valence-electron chi connectivity index (χ3n) is 3.91. The lowest BCUT2D eigenvalue weighted by atomic mass is 10.0. The lowest BCUT2D eigenvalue weighted by Crippen LogP contribution is -2.47. The van der Waals surface area contributed by atoms with E-state index in [2.05, 4.69) is 33.2 Å². The van der Waals surface area contributed by atoms with Crippen LogP contribution < -0.4 is 5.32 Å². The smallest absolute Gasteiger partial charge is 0.317 e. The number of urea groups is 1. The van der Waals surface area contributed by atoms with Crippen LogP contribution >= 0.6 is 15.9 Å². The number of hydrogen-bond acceptors (Lipinski definition) is 2. The summed E-state index contributed by atoms with van der Waals surface area (Å²) in [6, 6.07) is 8.38. The lowest BCUT2D eigenvalue weighted by Gasteiger charge is -2.35. The molecule has 1 heterocycles. The minimum absolute atomic E-state index is 0.0162. The number of hydrogen-bond donors (Lipinski definition) is 1. The van der Waals surface area contributed by atoms with Gasteiger partial charge in [0, 0.05) is 24.1 Å². The largest absolute Gasteiger partial charge is 0.334 e. The zero-order valence-corrected chi connectivity index (χ0v) is 13.7. The van der Waals surface area contributed by atoms with E-state index >= 15 is 0 Å². The molecule has 0 spiro atoms. The summed E-state index contributed by atoms with van der Waals surface area (Å²) in [5.41, 5.74) is 1.11. The molecule has 4 nitrogen and oxygen atoms in total. The summed E-state index contributed by atoms with van der Waals surface area (Å²) < 4.78 is 1.05. The van der Waals surface area contributed by atoms with E-state index in [1.165, 1.54) is 0 Å². The predicted molar refractivity (Wildman–Crippen MR) is 84.7 cm³/mol. The molecular formula is C15H22BrN3O. The van der Waals surface area contributed by atoms with Crippen molar-refractivity contribution in [2.45, 2.75) is 25.4 Å². The number of piperidine rings is 1. The fraction of sp³-hybridized carbons (Fsp3) is 0.533. The second-order valence-electron chi connectivity index (χ2n) is 5.43. The van der Waals surface area contributed by atoms with Gasteiger partial charge in [-0.25, -0.2) is 4.79 Å². The first-order chi connectivity index (χ1) is 9.56. The molecule has 0 saturated carbocycles. The van der Waals surface area contributed by atoms with Gasteiger partial charge in [0.05, 0.1) is 0 Å². The van der Waals surface area contributed by atoms with Crippen molar-refractivity contribution in [2.75, 3.05) is 27.2 Å². The highest BCUT2D eigenvalue weighted by atomic mass is 79.9. The van der Waals surface area contributed by atoms with Crippen molar-refractivity contribution < 1.29 is 4.79 Å². The molecule has 2 rings (SSSR count). The van der Waals surface area contributed by atoms with Crippen molar-refractivity contribution in [3.63, 3.8) is 0 Å². The van der Waals surface area contributed by atoms with Gasteiger partial charge >= 0.3 is 6.03 Å². The number of carbonyl (C=O) groups is 1. The average molecular weight is 340 g/mol. The van der Waals surface area contributed by atoms with Crippen molar-refractivity contribution in [2.24, 2.45) is 0 Å². The van der Waals surface area contributed by atoms with Crippen LogP contribution in [0.5, 0.6) is 0 Å². The van der Waals surface area contributed by atoms with E-state index < -0.39 is 0 Å². The van der Waals surface area contributed by atoms with E-state index in [9.17, 15) is 4.79 Å². The molecule has 0 atom stereocenters. The summed E-state index contributed by atoms with van der Waals surface area (Å²) in [7, 11) is 4.02. The van der Waals surface area contributed by atoms with Gasteiger partial charge in [0.15, 0.2) is 0 Å². The van der Waals surface area contributed by atoms with Crippen molar-refractivity contribution in [3.05, 3.63) is 34.3 Å². The van der Waals surface area contributed by atoms with Gasteiger partial charge in [0.1, 0.15) is 0 Å². The van der Waals surface area contributed by atoms with Crippen LogP contribution in [-0.4, -0.2) is 49.1 Å². The minimum Gasteiger partial charge on any atom is -0.334 e. The predicted octanol–water partition coefficient (Wildman–Crippen LogP) is 2.68. The highest BCUT2D eigenvalue weighted by molar-refractivity contribution is 9.10. The highest BCUT2D eigenvalue weighted by Gasteiger charge is 2.23. The second kappa shape index (κ2) is 7.09. The summed E-state index contributed by atoms with van der Waals surface area (Å²) in [5, 5.41) is 2.98. The molecule has 1 aliphatic rings. The van der Waals surface area contributed by atoms with Gasteiger partial charge in [-0.15, -0.1) is 0 Å². The molecule has 2 amide bonds. The Morgan fingerprint density at radius 2 is 1.95 bits per heavy atom. The Bertz CT molecular complexity index is 441. The molecule has 1 aliphatic heterocycles. The van der Waals surface area contributed by atoms with Crippen LogP contribution in [0.2, 0.25) is 0 Å². The number of benzene rings is 1. The Morgan fingerprint density at radius 3 is 2.55 bits per heavy atom. The fourth-order valence-electron chi connectivity index (χ4n) is 2.45. The first-order valence-electron chi connectivity index (χ1n) is 7.00. The minimum atomic E-state index is 0.0162. The molecule has 0 unspecified atom stereocenters. The molecule has 0 aromatic heterocycles. The molecule has 5 heteroatoms. The van der Waals surface area contributed by atoms with E-state index in [-0.39, 0.29) is 6.03 Å². The zero-order valence-electron chi connectivity index (χ0n) is 12.1. The molecule has 1 aromatic rings. The highest BCUT2D eigenvalue weighted by Crippen LogP contribution is 2.14. The number of nitrogens with one attached hydrogen (secondary N) is 1. The monoisotopic (exact) mass is 339 g/mol. The number of halogens is 1. The van der Waals surface area contributed by atoms with Crippen LogP contribution in [-0.2, 0) is 6.54 Å². The van der Waals surface area contributed by atoms with E-state index in [0.717, 1.165) is 36.0 Å². The Morgan fingerprint density at radius 1 is 1.35 bits per heavy atom. The Kier molecular flexibility index (Phi) is 5.43. The molecule has 0 aliphatic carbocycles. The first-order valence-corrected chi connectivity index (χ1v) is 7.79. The van der Waals surface area contributed by atoms with E-state index in [0.29, 0.717) is 12.6 Å². The van der Waals surface area contributed by atoms with Crippen LogP contribution in [0.1, 0.15) is 18.4 Å². The number of carbonyl (C=O) groups excluding carboxylic acids is 1. The summed E-state index contributed by atoms with van der Waals surface area (Å²) in [5.74, 6) is 0. The first kappa shape index (κ1) is 15.3. The number of likely N-dealkylation sites (tertiary alicyclic amines) is 1. The summed E-state index contributed by atoms with van der Waals surface area (Å²) in [4.78, 5) is 16.3. The topological polar surface area (TPSA) is 35.6 Å². The van der Waals surface area contributed by atoms with Crippen LogP contribution in [0.15, 0.2) is 28.7 Å². The van der Waals surface area contributed by atoms with Crippen LogP contribution in [0.25, 0.3) is 0 Å². The lowest BCUT2D eigenvalue weighted by molar-refractivity contribution is 0.147. The van der Waals surface area contributed by atoms with E-state index in [1.807, 2.05) is 36.2 Å². The van der Waals surface area contributed by atoms with Gasteiger partial charge in [-0.05, 0) is 50.7 Å².